The number of nitrogens with two attached hydrogens (primary N) is 1. The van der Waals surface area contributed by atoms with E-state index in [1.54, 1.807) is 0 Å². The smallest absolute Gasteiger partial charge is 0.130 e. The summed E-state index contributed by atoms with van der Waals surface area (Å²) >= 11 is 0. The van der Waals surface area contributed by atoms with Crippen molar-refractivity contribution < 1.29 is 0 Å². The average molecular weight is 161 g/mol. The van der Waals surface area contributed by atoms with Crippen LogP contribution in [-0.2, 0) is 0 Å². The number of nitrogens with one attached hydrogen (secondary N) is 1. The molecular weight excluding hydrogens is 150 g/mol. The molecule has 0 fully saturated rings. The van der Waals surface area contributed by atoms with E-state index >= 15 is 0 Å². The van der Waals surface area contributed by atoms with Gasteiger partial charge in [0.2, 0.25) is 0 Å². The minimum Gasteiger partial charge on any atom is -0.398 e. The monoisotopic (exact) mass is 161 g/mol. The first kappa shape index (κ1) is 7.16. The number of nitrogen functional groups attached to an aromatic ring is 1. The Labute approximate surface area is 71.3 Å². The van der Waals surface area contributed by atoms with Crippen LogP contribution >= 0.6 is 0 Å². The lowest BCUT2D eigenvalue weighted by molar-refractivity contribution is 0.960. The summed E-state index contributed by atoms with van der Waals surface area (Å²) in [4.78, 5) is 4.29. The van der Waals surface area contributed by atoms with E-state index in [2.05, 4.69) is 10.3 Å². The predicted octanol–water partition coefficient (Wildman–Crippen LogP) is 0.619. The molecule has 3 nitrogen and oxygen atoms in total. The van der Waals surface area contributed by atoms with Gasteiger partial charge in [0.1, 0.15) is 5.84 Å². The number of amidine groups is 1. The van der Waals surface area contributed by atoms with Gasteiger partial charge in [0.05, 0.1) is 6.54 Å². The summed E-state index contributed by atoms with van der Waals surface area (Å²) in [6, 6.07) is 7.76. The third kappa shape index (κ3) is 1.13. The number of anilines is 1. The highest BCUT2D eigenvalue weighted by molar-refractivity contribution is 6.03. The first-order valence-electron chi connectivity index (χ1n) is 4.01. The second kappa shape index (κ2) is 2.85. The van der Waals surface area contributed by atoms with Crippen molar-refractivity contribution in [1.29, 1.82) is 0 Å². The zero-order valence-electron chi connectivity index (χ0n) is 6.75. The van der Waals surface area contributed by atoms with Gasteiger partial charge < -0.3 is 11.1 Å². The second-order valence-corrected chi connectivity index (χ2v) is 2.74. The van der Waals surface area contributed by atoms with Gasteiger partial charge in [0.25, 0.3) is 0 Å². The molecule has 1 aromatic rings. The maximum atomic E-state index is 5.78. The van der Waals surface area contributed by atoms with Crippen LogP contribution in [-0.4, -0.2) is 18.9 Å². The van der Waals surface area contributed by atoms with Gasteiger partial charge in [-0.2, -0.15) is 0 Å². The number of aliphatic imine (C=N–C) groups is 1. The maximum Gasteiger partial charge on any atom is 0.130 e. The largest absolute Gasteiger partial charge is 0.398 e. The lowest BCUT2D eigenvalue weighted by Gasteiger charge is -2.04. The zero-order chi connectivity index (χ0) is 8.39. The van der Waals surface area contributed by atoms with Crippen molar-refractivity contribution in [3.63, 3.8) is 0 Å². The van der Waals surface area contributed by atoms with Crippen LogP contribution in [0.5, 0.6) is 0 Å². The fourth-order valence-corrected chi connectivity index (χ4v) is 1.29. The summed E-state index contributed by atoms with van der Waals surface area (Å²) in [6.07, 6.45) is 0. The van der Waals surface area contributed by atoms with Crippen LogP contribution in [0, 0.1) is 0 Å². The molecule has 0 bridgehead atoms. The molecule has 1 aliphatic heterocycles. The summed E-state index contributed by atoms with van der Waals surface area (Å²) in [7, 11) is 0. The normalized spacial score (nSPS) is 15.5. The molecule has 0 unspecified atom stereocenters. The van der Waals surface area contributed by atoms with Gasteiger partial charge in [-0.05, 0) is 12.1 Å². The lowest BCUT2D eigenvalue weighted by atomic mass is 10.1. The van der Waals surface area contributed by atoms with Crippen molar-refractivity contribution in [2.75, 3.05) is 18.8 Å². The van der Waals surface area contributed by atoms with Crippen LogP contribution in [0.25, 0.3) is 0 Å². The van der Waals surface area contributed by atoms with E-state index in [-0.39, 0.29) is 0 Å². The van der Waals surface area contributed by atoms with Crippen molar-refractivity contribution in [1.82, 2.24) is 5.32 Å². The molecule has 0 atom stereocenters. The minimum atomic E-state index is 0.783. The van der Waals surface area contributed by atoms with E-state index in [1.807, 2.05) is 24.3 Å². The summed E-state index contributed by atoms with van der Waals surface area (Å²) in [5, 5.41) is 3.18. The number of nitrogens with zero attached hydrogens (tertiary/aromatic N) is 1. The molecule has 0 amide bonds. The van der Waals surface area contributed by atoms with Gasteiger partial charge >= 0.3 is 0 Å². The Kier molecular flexibility index (Phi) is 1.70. The van der Waals surface area contributed by atoms with Gasteiger partial charge in [-0.25, -0.2) is 0 Å². The van der Waals surface area contributed by atoms with Crippen LogP contribution < -0.4 is 11.1 Å². The molecule has 62 valence electrons. The highest BCUT2D eigenvalue weighted by Crippen LogP contribution is 2.11. The molecule has 0 saturated heterocycles. The summed E-state index contributed by atoms with van der Waals surface area (Å²) in [6.45, 7) is 1.77. The molecule has 1 aliphatic rings. The highest BCUT2D eigenvalue weighted by atomic mass is 15.1. The number of hydrogen-bond acceptors (Lipinski definition) is 3. The fraction of sp³-hybridized carbons (Fsp3) is 0.222. The topological polar surface area (TPSA) is 50.4 Å². The molecule has 0 saturated carbocycles. The first-order valence-corrected chi connectivity index (χ1v) is 4.01. The van der Waals surface area contributed by atoms with Crippen molar-refractivity contribution in [2.24, 2.45) is 4.99 Å². The van der Waals surface area contributed by atoms with Crippen molar-refractivity contribution in [3.8, 4) is 0 Å². The van der Waals surface area contributed by atoms with Crippen LogP contribution in [0.1, 0.15) is 5.56 Å². The molecule has 0 radical (unpaired) electrons. The van der Waals surface area contributed by atoms with Crippen molar-refractivity contribution in [3.05, 3.63) is 29.8 Å². The van der Waals surface area contributed by atoms with E-state index in [9.17, 15) is 0 Å². The molecular formula is C9H11N3. The lowest BCUT2D eigenvalue weighted by Crippen LogP contribution is -2.20. The third-order valence-electron chi connectivity index (χ3n) is 1.89. The summed E-state index contributed by atoms with van der Waals surface area (Å²) in [5.74, 6) is 0.924. The van der Waals surface area contributed by atoms with Crippen LogP contribution in [0.4, 0.5) is 5.69 Å². The van der Waals surface area contributed by atoms with Gasteiger partial charge in [-0.15, -0.1) is 0 Å². The molecule has 1 aromatic carbocycles. The number of benzene rings is 1. The van der Waals surface area contributed by atoms with Gasteiger partial charge in [-0.3, -0.25) is 4.99 Å². The van der Waals surface area contributed by atoms with Crippen LogP contribution in [0.3, 0.4) is 0 Å². The third-order valence-corrected chi connectivity index (χ3v) is 1.89. The molecule has 0 aromatic heterocycles. The van der Waals surface area contributed by atoms with Crippen LogP contribution in [0.2, 0.25) is 0 Å². The molecule has 0 aliphatic carbocycles. The van der Waals surface area contributed by atoms with Gasteiger partial charge in [0.15, 0.2) is 0 Å². The maximum absolute atomic E-state index is 5.78. The summed E-state index contributed by atoms with van der Waals surface area (Å²) in [5.41, 5.74) is 7.57. The highest BCUT2D eigenvalue weighted by Gasteiger charge is 2.09. The van der Waals surface area contributed by atoms with Gasteiger partial charge in [-0.1, -0.05) is 12.1 Å². The van der Waals surface area contributed by atoms with Crippen LogP contribution in [0.15, 0.2) is 29.3 Å². The Morgan fingerprint density at radius 3 is 2.83 bits per heavy atom. The standard InChI is InChI=1S/C9H11N3/c10-8-4-2-1-3-7(8)9-11-5-6-12-9/h1-4H,5-6,10H2,(H,11,12). The Hall–Kier alpha value is -1.51. The second-order valence-electron chi connectivity index (χ2n) is 2.74. The molecule has 1 heterocycles. The number of rotatable bonds is 1. The Morgan fingerprint density at radius 1 is 1.33 bits per heavy atom. The summed E-state index contributed by atoms with van der Waals surface area (Å²) < 4.78 is 0. The van der Waals surface area contributed by atoms with Crippen molar-refractivity contribution >= 4 is 11.5 Å². The molecule has 3 N–H and O–H groups in total. The molecule has 12 heavy (non-hydrogen) atoms. The van der Waals surface area contributed by atoms with E-state index in [0.717, 1.165) is 30.2 Å². The Morgan fingerprint density at radius 2 is 2.17 bits per heavy atom. The van der Waals surface area contributed by atoms with E-state index in [1.165, 1.54) is 0 Å². The Balaban J connectivity index is 2.39. The SMILES string of the molecule is Nc1ccccc1C1=NCCN1. The van der Waals surface area contributed by atoms with E-state index in [0.29, 0.717) is 0 Å². The number of para-hydroxylation sites is 1. The van der Waals surface area contributed by atoms with E-state index < -0.39 is 0 Å². The van der Waals surface area contributed by atoms with E-state index in [4.69, 9.17) is 5.73 Å². The Bertz CT molecular complexity index is 317. The zero-order valence-corrected chi connectivity index (χ0v) is 6.75. The average Bonchev–Trinajstić information content (AvgIpc) is 2.57. The molecule has 0 spiro atoms. The molecule has 3 heteroatoms. The molecule has 2 rings (SSSR count). The fourth-order valence-electron chi connectivity index (χ4n) is 1.29. The first-order chi connectivity index (χ1) is 5.88. The van der Waals surface area contributed by atoms with Gasteiger partial charge in [0, 0.05) is 17.8 Å². The number of hydrogen-bond donors (Lipinski definition) is 2. The predicted molar refractivity (Wildman–Crippen MR) is 50.3 cm³/mol. The quantitative estimate of drug-likeness (QED) is 0.593. The van der Waals surface area contributed by atoms with Crippen molar-refractivity contribution in [2.45, 2.75) is 0 Å². The minimum absolute atomic E-state index is 0.783.